The van der Waals surface area contributed by atoms with Crippen molar-refractivity contribution in [1.82, 2.24) is 5.32 Å². The number of amides is 3. The average Bonchev–Trinajstić information content (AvgIpc) is 2.94. The Hall–Kier alpha value is -4.69. The Bertz CT molecular complexity index is 1430. The molecule has 0 atom stereocenters. The van der Waals surface area contributed by atoms with Gasteiger partial charge < -0.3 is 16.0 Å². The number of halogens is 1. The lowest BCUT2D eigenvalue weighted by Gasteiger charge is -2.12. The van der Waals surface area contributed by atoms with E-state index in [2.05, 4.69) is 16.0 Å². The van der Waals surface area contributed by atoms with E-state index in [0.717, 1.165) is 10.6 Å². The van der Waals surface area contributed by atoms with Crippen LogP contribution < -0.4 is 16.0 Å². The zero-order valence-corrected chi connectivity index (χ0v) is 21.0. The summed E-state index contributed by atoms with van der Waals surface area (Å²) in [6.45, 7) is 0. The van der Waals surface area contributed by atoms with Crippen molar-refractivity contribution in [3.05, 3.63) is 132 Å². The molecule has 0 aliphatic carbocycles. The van der Waals surface area contributed by atoms with E-state index >= 15 is 0 Å². The van der Waals surface area contributed by atoms with Crippen LogP contribution >= 0.6 is 11.8 Å². The number of para-hydroxylation sites is 1. The third-order valence-corrected chi connectivity index (χ3v) is 6.26. The number of carbonyl (C=O) groups excluding carboxylic acids is 3. The molecule has 38 heavy (non-hydrogen) atoms. The highest BCUT2D eigenvalue weighted by Crippen LogP contribution is 2.21. The fraction of sp³-hybridized carbons (Fsp3) is 0.0333. The van der Waals surface area contributed by atoms with Crippen molar-refractivity contribution in [3.8, 4) is 0 Å². The zero-order valence-electron chi connectivity index (χ0n) is 20.2. The largest absolute Gasteiger partial charge is 0.325 e. The average molecular weight is 526 g/mol. The van der Waals surface area contributed by atoms with Gasteiger partial charge in [-0.1, -0.05) is 48.5 Å². The number of nitrogens with one attached hydrogen (secondary N) is 3. The molecule has 0 fully saturated rings. The molecule has 0 heterocycles. The quantitative estimate of drug-likeness (QED) is 0.186. The van der Waals surface area contributed by atoms with E-state index in [9.17, 15) is 18.8 Å². The molecule has 0 bridgehead atoms. The van der Waals surface area contributed by atoms with Crippen LogP contribution in [0.4, 0.5) is 15.8 Å². The van der Waals surface area contributed by atoms with Gasteiger partial charge in [-0.05, 0) is 72.3 Å². The van der Waals surface area contributed by atoms with Crippen LogP contribution in [-0.2, 0) is 9.59 Å². The first-order chi connectivity index (χ1) is 18.5. The Morgan fingerprint density at radius 3 is 1.97 bits per heavy atom. The van der Waals surface area contributed by atoms with Crippen LogP contribution in [0.1, 0.15) is 15.9 Å². The van der Waals surface area contributed by atoms with Gasteiger partial charge in [0.25, 0.3) is 11.8 Å². The van der Waals surface area contributed by atoms with Gasteiger partial charge in [-0.15, -0.1) is 11.8 Å². The summed E-state index contributed by atoms with van der Waals surface area (Å²) in [5.41, 5.74) is 2.18. The van der Waals surface area contributed by atoms with Gasteiger partial charge in [0.05, 0.1) is 5.75 Å². The Balaban J connectivity index is 1.40. The summed E-state index contributed by atoms with van der Waals surface area (Å²) >= 11 is 1.37. The second-order valence-corrected chi connectivity index (χ2v) is 9.16. The first kappa shape index (κ1) is 26.4. The summed E-state index contributed by atoms with van der Waals surface area (Å²) in [6.07, 6.45) is 1.48. The maximum Gasteiger partial charge on any atom is 0.272 e. The molecule has 4 aromatic rings. The van der Waals surface area contributed by atoms with Crippen LogP contribution in [0.5, 0.6) is 0 Å². The van der Waals surface area contributed by atoms with Gasteiger partial charge in [0.15, 0.2) is 0 Å². The Labute approximate surface area is 224 Å². The summed E-state index contributed by atoms with van der Waals surface area (Å²) in [7, 11) is 0. The number of thioether (sulfide) groups is 1. The van der Waals surface area contributed by atoms with E-state index in [1.165, 1.54) is 42.1 Å². The number of hydrogen-bond acceptors (Lipinski definition) is 4. The molecule has 0 unspecified atom stereocenters. The second-order valence-electron chi connectivity index (χ2n) is 8.11. The van der Waals surface area contributed by atoms with Crippen LogP contribution in [0.2, 0.25) is 0 Å². The van der Waals surface area contributed by atoms with Crippen molar-refractivity contribution in [2.75, 3.05) is 16.4 Å². The summed E-state index contributed by atoms with van der Waals surface area (Å²) in [4.78, 5) is 38.8. The van der Waals surface area contributed by atoms with Crippen molar-refractivity contribution in [2.45, 2.75) is 4.90 Å². The summed E-state index contributed by atoms with van der Waals surface area (Å²) in [6, 6.07) is 30.3. The normalized spacial score (nSPS) is 10.9. The molecule has 0 aliphatic heterocycles. The SMILES string of the molecule is O=C(CSc1ccc(NC(=O)/C(=C/c2ccc(F)cc2)NC(=O)c2ccccc2)cc1)Nc1ccccc1. The Kier molecular flexibility index (Phi) is 9.04. The van der Waals surface area contributed by atoms with Gasteiger partial charge >= 0.3 is 0 Å². The molecule has 4 aromatic carbocycles. The fourth-order valence-electron chi connectivity index (χ4n) is 3.37. The van der Waals surface area contributed by atoms with E-state index in [-0.39, 0.29) is 17.4 Å². The minimum Gasteiger partial charge on any atom is -0.325 e. The van der Waals surface area contributed by atoms with Crippen LogP contribution in [0.3, 0.4) is 0 Å². The van der Waals surface area contributed by atoms with Crippen molar-refractivity contribution in [2.24, 2.45) is 0 Å². The van der Waals surface area contributed by atoms with E-state index < -0.39 is 17.6 Å². The van der Waals surface area contributed by atoms with Crippen LogP contribution in [0.15, 0.2) is 120 Å². The molecule has 0 saturated carbocycles. The maximum atomic E-state index is 13.3. The van der Waals surface area contributed by atoms with Crippen LogP contribution in [0.25, 0.3) is 6.08 Å². The number of rotatable bonds is 9. The molecule has 6 nitrogen and oxygen atoms in total. The van der Waals surface area contributed by atoms with E-state index in [1.807, 2.05) is 30.3 Å². The topological polar surface area (TPSA) is 87.3 Å². The molecule has 0 aliphatic rings. The molecule has 0 radical (unpaired) electrons. The highest BCUT2D eigenvalue weighted by molar-refractivity contribution is 8.00. The molecule has 190 valence electrons. The van der Waals surface area contributed by atoms with E-state index in [4.69, 9.17) is 0 Å². The number of hydrogen-bond donors (Lipinski definition) is 3. The monoisotopic (exact) mass is 525 g/mol. The highest BCUT2D eigenvalue weighted by atomic mass is 32.2. The van der Waals surface area contributed by atoms with Gasteiger partial charge in [0.1, 0.15) is 11.5 Å². The van der Waals surface area contributed by atoms with E-state index in [1.54, 1.807) is 54.6 Å². The van der Waals surface area contributed by atoms with Gasteiger partial charge in [-0.3, -0.25) is 14.4 Å². The minimum absolute atomic E-state index is 0.00138. The number of carbonyl (C=O) groups is 3. The maximum absolute atomic E-state index is 13.3. The number of anilines is 2. The Morgan fingerprint density at radius 2 is 1.32 bits per heavy atom. The molecular weight excluding hydrogens is 501 g/mol. The molecule has 8 heteroatoms. The molecule has 0 saturated heterocycles. The summed E-state index contributed by atoms with van der Waals surface area (Å²) in [5.74, 6) is -1.28. The molecule has 3 amide bonds. The first-order valence-electron chi connectivity index (χ1n) is 11.7. The second kappa shape index (κ2) is 13.0. The lowest BCUT2D eigenvalue weighted by molar-refractivity contribution is -0.114. The number of benzene rings is 4. The third-order valence-electron chi connectivity index (χ3n) is 5.25. The van der Waals surface area contributed by atoms with Gasteiger partial charge in [-0.2, -0.15) is 0 Å². The van der Waals surface area contributed by atoms with Crippen molar-refractivity contribution in [1.29, 1.82) is 0 Å². The van der Waals surface area contributed by atoms with Gasteiger partial charge in [-0.25, -0.2) is 4.39 Å². The Morgan fingerprint density at radius 1 is 0.711 bits per heavy atom. The summed E-state index contributed by atoms with van der Waals surface area (Å²) in [5, 5.41) is 8.25. The standard InChI is InChI=1S/C30H24FN3O3S/c31-23-13-11-21(12-14-23)19-27(34-29(36)22-7-3-1-4-8-22)30(37)33-25-15-17-26(18-16-25)38-20-28(35)32-24-9-5-2-6-10-24/h1-19H,20H2,(H,32,35)(H,33,37)(H,34,36)/b27-19-. The molecule has 3 N–H and O–H groups in total. The van der Waals surface area contributed by atoms with E-state index in [0.29, 0.717) is 16.8 Å². The van der Waals surface area contributed by atoms with Crippen LogP contribution in [0, 0.1) is 5.82 Å². The predicted octanol–water partition coefficient (Wildman–Crippen LogP) is 5.97. The minimum atomic E-state index is -0.541. The lowest BCUT2D eigenvalue weighted by Crippen LogP contribution is -2.30. The lowest BCUT2D eigenvalue weighted by atomic mass is 10.1. The van der Waals surface area contributed by atoms with Crippen molar-refractivity contribution in [3.63, 3.8) is 0 Å². The van der Waals surface area contributed by atoms with Gasteiger partial charge in [0.2, 0.25) is 5.91 Å². The first-order valence-corrected chi connectivity index (χ1v) is 12.7. The molecule has 4 rings (SSSR count). The fourth-order valence-corrected chi connectivity index (χ4v) is 4.07. The van der Waals surface area contributed by atoms with Crippen LogP contribution in [-0.4, -0.2) is 23.5 Å². The molecule has 0 aromatic heterocycles. The van der Waals surface area contributed by atoms with Gasteiger partial charge in [0, 0.05) is 21.8 Å². The molecule has 0 spiro atoms. The predicted molar refractivity (Wildman–Crippen MR) is 149 cm³/mol. The van der Waals surface area contributed by atoms with Crippen molar-refractivity contribution < 1.29 is 18.8 Å². The van der Waals surface area contributed by atoms with Crippen molar-refractivity contribution >= 4 is 46.9 Å². The third kappa shape index (κ3) is 7.91. The summed E-state index contributed by atoms with van der Waals surface area (Å²) < 4.78 is 13.3. The smallest absolute Gasteiger partial charge is 0.272 e. The molecular formula is C30H24FN3O3S. The highest BCUT2D eigenvalue weighted by Gasteiger charge is 2.15. The zero-order chi connectivity index (χ0) is 26.7.